The number of nitrogens with zero attached hydrogens (tertiary/aromatic N) is 2. The normalized spacial score (nSPS) is 17.0. The van der Waals surface area contributed by atoms with E-state index in [0.29, 0.717) is 26.2 Å². The summed E-state index contributed by atoms with van der Waals surface area (Å²) in [6.07, 6.45) is -0.322. The van der Waals surface area contributed by atoms with E-state index in [1.165, 1.54) is 10.8 Å². The summed E-state index contributed by atoms with van der Waals surface area (Å²) in [5, 5.41) is 14.9. The van der Waals surface area contributed by atoms with Gasteiger partial charge in [0.05, 0.1) is 6.10 Å². The molecule has 5 heteroatoms. The van der Waals surface area contributed by atoms with Gasteiger partial charge in [-0.05, 0) is 23.3 Å². The van der Waals surface area contributed by atoms with Gasteiger partial charge in [0.2, 0.25) is 0 Å². The number of aliphatic hydroxyl groups excluding tert-OH is 1. The molecule has 0 saturated carbocycles. The molecule has 0 aliphatic carbocycles. The van der Waals surface area contributed by atoms with Crippen LogP contribution in [-0.4, -0.2) is 59.8 Å². The summed E-state index contributed by atoms with van der Waals surface area (Å²) in [7, 11) is 0. The van der Waals surface area contributed by atoms with Crippen LogP contribution in [0.25, 0.3) is 10.8 Å². The molecule has 5 nitrogen and oxygen atoms in total. The van der Waals surface area contributed by atoms with Gasteiger partial charge >= 0.3 is 6.03 Å². The molecule has 0 bridgehead atoms. The summed E-state index contributed by atoms with van der Waals surface area (Å²) in [6.45, 7) is 6.03. The summed E-state index contributed by atoms with van der Waals surface area (Å²) >= 11 is 0. The average molecular weight is 327 g/mol. The maximum absolute atomic E-state index is 12.4. The fourth-order valence-electron chi connectivity index (χ4n) is 3.24. The van der Waals surface area contributed by atoms with Crippen LogP contribution in [0.3, 0.4) is 0 Å². The first-order valence-electron chi connectivity index (χ1n) is 8.53. The van der Waals surface area contributed by atoms with Crippen molar-refractivity contribution in [3.63, 3.8) is 0 Å². The van der Waals surface area contributed by atoms with Gasteiger partial charge in [-0.2, -0.15) is 0 Å². The number of piperazine rings is 1. The highest BCUT2D eigenvalue weighted by atomic mass is 16.3. The van der Waals surface area contributed by atoms with E-state index < -0.39 is 0 Å². The van der Waals surface area contributed by atoms with Crippen LogP contribution in [0.1, 0.15) is 12.5 Å². The van der Waals surface area contributed by atoms with Crippen molar-refractivity contribution >= 4 is 16.8 Å². The number of carbonyl (C=O) groups is 1. The van der Waals surface area contributed by atoms with Crippen LogP contribution in [0.5, 0.6) is 0 Å². The minimum absolute atomic E-state index is 0.0142. The first-order valence-corrected chi connectivity index (χ1v) is 8.53. The fraction of sp³-hybridized carbons (Fsp3) is 0.421. The van der Waals surface area contributed by atoms with Gasteiger partial charge in [-0.25, -0.2) is 4.79 Å². The first kappa shape index (κ1) is 16.7. The molecule has 3 rings (SSSR count). The minimum Gasteiger partial charge on any atom is -0.392 e. The van der Waals surface area contributed by atoms with Gasteiger partial charge in [-0.3, -0.25) is 4.90 Å². The van der Waals surface area contributed by atoms with Gasteiger partial charge in [-0.15, -0.1) is 0 Å². The summed E-state index contributed by atoms with van der Waals surface area (Å²) in [5.74, 6) is 0. The predicted octanol–water partition coefficient (Wildman–Crippen LogP) is 2.05. The van der Waals surface area contributed by atoms with Crippen molar-refractivity contribution in [1.82, 2.24) is 15.1 Å². The number of nitrogens with one attached hydrogen (secondary N) is 1. The minimum atomic E-state index is -0.322. The van der Waals surface area contributed by atoms with Crippen molar-refractivity contribution < 1.29 is 9.90 Å². The fourth-order valence-corrected chi connectivity index (χ4v) is 3.24. The van der Waals surface area contributed by atoms with Crippen molar-refractivity contribution in [3.05, 3.63) is 48.0 Å². The molecule has 1 aliphatic heterocycles. The predicted molar refractivity (Wildman–Crippen MR) is 95.9 cm³/mol. The number of hydrogen-bond donors (Lipinski definition) is 2. The van der Waals surface area contributed by atoms with E-state index in [4.69, 9.17) is 0 Å². The smallest absolute Gasteiger partial charge is 0.317 e. The van der Waals surface area contributed by atoms with E-state index in [-0.39, 0.29) is 12.1 Å². The van der Waals surface area contributed by atoms with E-state index in [2.05, 4.69) is 34.5 Å². The van der Waals surface area contributed by atoms with Gasteiger partial charge in [0, 0.05) is 39.3 Å². The molecule has 0 spiro atoms. The van der Waals surface area contributed by atoms with Crippen LogP contribution in [0, 0.1) is 0 Å². The maximum Gasteiger partial charge on any atom is 0.317 e. The van der Waals surface area contributed by atoms with Crippen molar-refractivity contribution in [2.24, 2.45) is 0 Å². The highest BCUT2D eigenvalue weighted by Gasteiger charge is 2.21. The SMILES string of the molecule is CC(O)CN1CCN(C(=O)NCc2cccc3ccccc23)CC1. The highest BCUT2D eigenvalue weighted by Crippen LogP contribution is 2.18. The molecule has 1 unspecified atom stereocenters. The molecule has 2 N–H and O–H groups in total. The second-order valence-electron chi connectivity index (χ2n) is 6.43. The molecule has 1 atom stereocenters. The Kier molecular flexibility index (Phi) is 5.33. The molecule has 1 aliphatic rings. The second kappa shape index (κ2) is 7.64. The Morgan fingerprint density at radius 1 is 1.12 bits per heavy atom. The van der Waals surface area contributed by atoms with E-state index in [1.807, 2.05) is 23.1 Å². The Labute approximate surface area is 142 Å². The molecular weight excluding hydrogens is 302 g/mol. The third-order valence-electron chi connectivity index (χ3n) is 4.49. The molecule has 24 heavy (non-hydrogen) atoms. The van der Waals surface area contributed by atoms with Crippen molar-refractivity contribution in [1.29, 1.82) is 0 Å². The number of fused-ring (bicyclic) bond motifs is 1. The number of hydrogen-bond acceptors (Lipinski definition) is 3. The highest BCUT2D eigenvalue weighted by molar-refractivity contribution is 5.86. The van der Waals surface area contributed by atoms with Crippen LogP contribution < -0.4 is 5.32 Å². The number of aliphatic hydroxyl groups is 1. The van der Waals surface area contributed by atoms with Gasteiger partial charge in [0.1, 0.15) is 0 Å². The maximum atomic E-state index is 12.4. The van der Waals surface area contributed by atoms with Crippen LogP contribution in [0.15, 0.2) is 42.5 Å². The van der Waals surface area contributed by atoms with Crippen molar-refractivity contribution in [2.45, 2.75) is 19.6 Å². The lowest BCUT2D eigenvalue weighted by Gasteiger charge is -2.35. The number of β-amino-alcohol motifs (C(OH)–C–C–N with tert-alkyl or cyclic N) is 1. The molecule has 2 aromatic carbocycles. The summed E-state index contributed by atoms with van der Waals surface area (Å²) < 4.78 is 0. The number of amides is 2. The van der Waals surface area contributed by atoms with Crippen molar-refractivity contribution in [3.8, 4) is 0 Å². The summed E-state index contributed by atoms with van der Waals surface area (Å²) in [6, 6.07) is 14.4. The third kappa shape index (κ3) is 4.04. The molecule has 0 radical (unpaired) electrons. The van der Waals surface area contributed by atoms with Crippen LogP contribution in [0.4, 0.5) is 4.79 Å². The van der Waals surface area contributed by atoms with Crippen LogP contribution in [0.2, 0.25) is 0 Å². The topological polar surface area (TPSA) is 55.8 Å². The molecule has 128 valence electrons. The molecule has 1 heterocycles. The Balaban J connectivity index is 1.54. The molecule has 2 aromatic rings. The van der Waals surface area contributed by atoms with E-state index in [1.54, 1.807) is 6.92 Å². The van der Waals surface area contributed by atoms with Crippen molar-refractivity contribution in [2.75, 3.05) is 32.7 Å². The van der Waals surface area contributed by atoms with E-state index in [9.17, 15) is 9.90 Å². The number of carbonyl (C=O) groups excluding carboxylic acids is 1. The quantitative estimate of drug-likeness (QED) is 0.904. The van der Waals surface area contributed by atoms with E-state index in [0.717, 1.165) is 18.7 Å². The Bertz CT molecular complexity index is 689. The Morgan fingerprint density at radius 3 is 2.58 bits per heavy atom. The number of benzene rings is 2. The Hall–Kier alpha value is -2.11. The largest absolute Gasteiger partial charge is 0.392 e. The third-order valence-corrected chi connectivity index (χ3v) is 4.49. The molecule has 0 aromatic heterocycles. The zero-order valence-electron chi connectivity index (χ0n) is 14.1. The van der Waals surface area contributed by atoms with Crippen LogP contribution >= 0.6 is 0 Å². The summed E-state index contributed by atoms with van der Waals surface area (Å²) in [5.41, 5.74) is 1.13. The lowest BCUT2D eigenvalue weighted by molar-refractivity contribution is 0.0897. The van der Waals surface area contributed by atoms with Gasteiger partial charge in [-0.1, -0.05) is 42.5 Å². The lowest BCUT2D eigenvalue weighted by atomic mass is 10.0. The zero-order valence-corrected chi connectivity index (χ0v) is 14.1. The monoisotopic (exact) mass is 327 g/mol. The van der Waals surface area contributed by atoms with Crippen LogP contribution in [-0.2, 0) is 6.54 Å². The number of urea groups is 1. The molecular formula is C19H25N3O2. The molecule has 2 amide bonds. The first-order chi connectivity index (χ1) is 11.6. The van der Waals surface area contributed by atoms with Gasteiger partial charge in [0.15, 0.2) is 0 Å². The Morgan fingerprint density at radius 2 is 1.83 bits per heavy atom. The molecule has 1 saturated heterocycles. The van der Waals surface area contributed by atoms with E-state index >= 15 is 0 Å². The average Bonchev–Trinajstić information content (AvgIpc) is 2.59. The zero-order chi connectivity index (χ0) is 16.9. The summed E-state index contributed by atoms with van der Waals surface area (Å²) in [4.78, 5) is 16.4. The second-order valence-corrected chi connectivity index (χ2v) is 6.43. The lowest BCUT2D eigenvalue weighted by Crippen LogP contribution is -2.52. The molecule has 1 fully saturated rings. The van der Waals surface area contributed by atoms with Gasteiger partial charge < -0.3 is 15.3 Å². The van der Waals surface area contributed by atoms with Gasteiger partial charge in [0.25, 0.3) is 0 Å². The standard InChI is InChI=1S/C19H25N3O2/c1-15(23)14-21-9-11-22(12-10-21)19(24)20-13-17-7-4-6-16-5-2-3-8-18(16)17/h2-8,15,23H,9-14H2,1H3,(H,20,24). The number of rotatable bonds is 4.